The highest BCUT2D eigenvalue weighted by Crippen LogP contribution is 2.37. The molecular formula is C12H16BrNO2. The van der Waals surface area contributed by atoms with Crippen molar-refractivity contribution < 1.29 is 9.84 Å². The van der Waals surface area contributed by atoms with Crippen LogP contribution in [0.1, 0.15) is 24.9 Å². The Morgan fingerprint density at radius 2 is 2.25 bits per heavy atom. The zero-order chi connectivity index (χ0) is 12.3. The fourth-order valence-electron chi connectivity index (χ4n) is 1.46. The number of nitrogens with two attached hydrogens (primary N) is 1. The molecule has 0 aromatic heterocycles. The van der Waals surface area contributed by atoms with Gasteiger partial charge in [-0.25, -0.2) is 0 Å². The van der Waals surface area contributed by atoms with E-state index in [1.165, 1.54) is 7.11 Å². The number of phenols is 1. The van der Waals surface area contributed by atoms with Crippen LogP contribution in [0.3, 0.4) is 0 Å². The molecule has 1 atom stereocenters. The number of aromatic hydroxyl groups is 1. The van der Waals surface area contributed by atoms with E-state index in [9.17, 15) is 5.11 Å². The number of ether oxygens (including phenoxy) is 1. The Hall–Kier alpha value is -1.00. The van der Waals surface area contributed by atoms with Crippen LogP contribution < -0.4 is 10.5 Å². The summed E-state index contributed by atoms with van der Waals surface area (Å²) in [7, 11) is 1.51. The van der Waals surface area contributed by atoms with Gasteiger partial charge < -0.3 is 15.6 Å². The van der Waals surface area contributed by atoms with Crippen molar-refractivity contribution in [3.63, 3.8) is 0 Å². The first-order valence-corrected chi connectivity index (χ1v) is 5.71. The Kier molecular flexibility index (Phi) is 4.38. The Morgan fingerprint density at radius 3 is 2.75 bits per heavy atom. The molecule has 88 valence electrons. The highest BCUT2D eigenvalue weighted by atomic mass is 79.9. The standard InChI is InChI=1S/C12H16BrNO2/c1-7(2)4-10(14)8-5-9(13)12(15)11(6-8)16-3/h5-6,10,15H,1,4,14H2,2-3H3/t10-/m1/s1. The van der Waals surface area contributed by atoms with E-state index in [0.717, 1.165) is 11.1 Å². The predicted molar refractivity (Wildman–Crippen MR) is 68.7 cm³/mol. The highest BCUT2D eigenvalue weighted by molar-refractivity contribution is 9.10. The molecule has 0 radical (unpaired) electrons. The number of rotatable bonds is 4. The summed E-state index contributed by atoms with van der Waals surface area (Å²) in [5, 5.41) is 9.66. The van der Waals surface area contributed by atoms with Gasteiger partial charge in [0.1, 0.15) is 0 Å². The Morgan fingerprint density at radius 1 is 1.62 bits per heavy atom. The first-order valence-electron chi connectivity index (χ1n) is 4.92. The van der Waals surface area contributed by atoms with E-state index in [1.807, 2.05) is 6.92 Å². The molecule has 0 spiro atoms. The molecule has 0 saturated carbocycles. The van der Waals surface area contributed by atoms with Crippen molar-refractivity contribution in [1.29, 1.82) is 0 Å². The molecule has 0 aliphatic rings. The molecule has 0 saturated heterocycles. The van der Waals surface area contributed by atoms with E-state index in [-0.39, 0.29) is 11.8 Å². The maximum absolute atomic E-state index is 9.66. The molecule has 16 heavy (non-hydrogen) atoms. The van der Waals surface area contributed by atoms with Crippen molar-refractivity contribution in [2.24, 2.45) is 5.73 Å². The SMILES string of the molecule is C=C(C)C[C@@H](N)c1cc(Br)c(O)c(OC)c1. The molecule has 0 amide bonds. The fraction of sp³-hybridized carbons (Fsp3) is 0.333. The van der Waals surface area contributed by atoms with Crippen LogP contribution in [0, 0.1) is 0 Å². The molecule has 0 aliphatic heterocycles. The van der Waals surface area contributed by atoms with E-state index in [4.69, 9.17) is 10.5 Å². The average molecular weight is 286 g/mol. The molecule has 3 nitrogen and oxygen atoms in total. The van der Waals surface area contributed by atoms with E-state index in [1.54, 1.807) is 12.1 Å². The van der Waals surface area contributed by atoms with Crippen molar-refractivity contribution in [2.75, 3.05) is 7.11 Å². The maximum Gasteiger partial charge on any atom is 0.172 e. The van der Waals surface area contributed by atoms with E-state index in [2.05, 4.69) is 22.5 Å². The molecule has 0 aliphatic carbocycles. The Labute approximate surface area is 104 Å². The molecule has 1 aromatic rings. The van der Waals surface area contributed by atoms with E-state index in [0.29, 0.717) is 16.6 Å². The first kappa shape index (κ1) is 13.1. The zero-order valence-electron chi connectivity index (χ0n) is 9.46. The van der Waals surface area contributed by atoms with E-state index < -0.39 is 0 Å². The third-order valence-corrected chi connectivity index (χ3v) is 2.87. The van der Waals surface area contributed by atoms with Crippen LogP contribution in [0.25, 0.3) is 0 Å². The lowest BCUT2D eigenvalue weighted by atomic mass is 10.0. The van der Waals surface area contributed by atoms with Gasteiger partial charge in [-0.1, -0.05) is 5.57 Å². The van der Waals surface area contributed by atoms with Crippen LogP contribution in [-0.4, -0.2) is 12.2 Å². The van der Waals surface area contributed by atoms with E-state index >= 15 is 0 Å². The number of hydrogen-bond donors (Lipinski definition) is 2. The molecule has 0 unspecified atom stereocenters. The Bertz CT molecular complexity index is 404. The summed E-state index contributed by atoms with van der Waals surface area (Å²) in [6.45, 7) is 5.77. The molecule has 1 rings (SSSR count). The Balaban J connectivity index is 3.05. The van der Waals surface area contributed by atoms with Gasteiger partial charge in [0, 0.05) is 6.04 Å². The van der Waals surface area contributed by atoms with Crippen molar-refractivity contribution in [1.82, 2.24) is 0 Å². The third kappa shape index (κ3) is 3.00. The number of hydrogen-bond acceptors (Lipinski definition) is 3. The second-order valence-electron chi connectivity index (χ2n) is 3.82. The van der Waals surface area contributed by atoms with Gasteiger partial charge in [-0.05, 0) is 47.0 Å². The summed E-state index contributed by atoms with van der Waals surface area (Å²) >= 11 is 3.26. The topological polar surface area (TPSA) is 55.5 Å². The minimum absolute atomic E-state index is 0.0915. The predicted octanol–water partition coefficient (Wildman–Crippen LogP) is 3.13. The van der Waals surface area contributed by atoms with Gasteiger partial charge in [-0.3, -0.25) is 0 Å². The van der Waals surface area contributed by atoms with Crippen molar-refractivity contribution in [3.8, 4) is 11.5 Å². The molecule has 0 heterocycles. The number of halogens is 1. The normalized spacial score (nSPS) is 12.2. The van der Waals surface area contributed by atoms with Crippen molar-refractivity contribution >= 4 is 15.9 Å². The highest BCUT2D eigenvalue weighted by Gasteiger charge is 2.13. The summed E-state index contributed by atoms with van der Waals surface area (Å²) in [4.78, 5) is 0. The van der Waals surface area contributed by atoms with Crippen LogP contribution in [0.4, 0.5) is 0 Å². The van der Waals surface area contributed by atoms with Crippen LogP contribution >= 0.6 is 15.9 Å². The van der Waals surface area contributed by atoms with Crippen molar-refractivity contribution in [3.05, 3.63) is 34.3 Å². The van der Waals surface area contributed by atoms with Crippen LogP contribution in [0.15, 0.2) is 28.8 Å². The van der Waals surface area contributed by atoms with Gasteiger partial charge in [-0.15, -0.1) is 6.58 Å². The monoisotopic (exact) mass is 285 g/mol. The molecular weight excluding hydrogens is 270 g/mol. The van der Waals surface area contributed by atoms with Gasteiger partial charge in [0.15, 0.2) is 11.5 Å². The maximum atomic E-state index is 9.66. The molecule has 0 fully saturated rings. The molecule has 0 bridgehead atoms. The summed E-state index contributed by atoms with van der Waals surface area (Å²) in [5.41, 5.74) is 7.95. The summed E-state index contributed by atoms with van der Waals surface area (Å²) < 4.78 is 5.65. The van der Waals surface area contributed by atoms with Gasteiger partial charge in [-0.2, -0.15) is 0 Å². The summed E-state index contributed by atoms with van der Waals surface area (Å²) in [6.07, 6.45) is 0.709. The van der Waals surface area contributed by atoms with Crippen LogP contribution in [0.2, 0.25) is 0 Å². The smallest absolute Gasteiger partial charge is 0.172 e. The minimum Gasteiger partial charge on any atom is -0.503 e. The zero-order valence-corrected chi connectivity index (χ0v) is 11.0. The van der Waals surface area contributed by atoms with Crippen molar-refractivity contribution in [2.45, 2.75) is 19.4 Å². The molecule has 3 N–H and O–H groups in total. The number of benzene rings is 1. The lowest BCUT2D eigenvalue weighted by Gasteiger charge is -2.15. The second kappa shape index (κ2) is 5.37. The van der Waals surface area contributed by atoms with Gasteiger partial charge >= 0.3 is 0 Å². The average Bonchev–Trinajstić information content (AvgIpc) is 2.20. The van der Waals surface area contributed by atoms with Gasteiger partial charge in [0.2, 0.25) is 0 Å². The lowest BCUT2D eigenvalue weighted by molar-refractivity contribution is 0.371. The van der Waals surface area contributed by atoms with Crippen LogP contribution in [-0.2, 0) is 0 Å². The van der Waals surface area contributed by atoms with Gasteiger partial charge in [0.05, 0.1) is 11.6 Å². The fourth-order valence-corrected chi connectivity index (χ4v) is 1.92. The summed E-state index contributed by atoms with van der Waals surface area (Å²) in [6, 6.07) is 3.40. The number of phenolic OH excluding ortho intramolecular Hbond substituents is 1. The molecule has 4 heteroatoms. The first-order chi connectivity index (χ1) is 7.45. The largest absolute Gasteiger partial charge is 0.503 e. The third-order valence-electron chi connectivity index (χ3n) is 2.27. The second-order valence-corrected chi connectivity index (χ2v) is 4.68. The quantitative estimate of drug-likeness (QED) is 0.836. The lowest BCUT2D eigenvalue weighted by Crippen LogP contribution is -2.10. The number of methoxy groups -OCH3 is 1. The molecule has 1 aromatic carbocycles. The van der Waals surface area contributed by atoms with Gasteiger partial charge in [0.25, 0.3) is 0 Å². The van der Waals surface area contributed by atoms with Crippen LogP contribution in [0.5, 0.6) is 11.5 Å². The summed E-state index contributed by atoms with van der Waals surface area (Å²) in [5.74, 6) is 0.510. The minimum atomic E-state index is -0.136.